The Morgan fingerprint density at radius 2 is 2.43 bits per heavy atom. The van der Waals surface area contributed by atoms with Gasteiger partial charge in [0.15, 0.2) is 5.69 Å². The van der Waals surface area contributed by atoms with Gasteiger partial charge in [-0.05, 0) is 18.1 Å². The summed E-state index contributed by atoms with van der Waals surface area (Å²) in [5.41, 5.74) is 6.51. The lowest BCUT2D eigenvalue weighted by atomic mass is 10.2. The van der Waals surface area contributed by atoms with Gasteiger partial charge in [-0.15, -0.1) is 0 Å². The molecule has 0 aliphatic rings. The van der Waals surface area contributed by atoms with Crippen LogP contribution in [0.1, 0.15) is 29.4 Å². The Morgan fingerprint density at radius 1 is 1.64 bits per heavy atom. The average molecular weight is 194 g/mol. The summed E-state index contributed by atoms with van der Waals surface area (Å²) < 4.78 is 4.96. The van der Waals surface area contributed by atoms with E-state index in [0.29, 0.717) is 24.4 Å². The highest BCUT2D eigenvalue weighted by Gasteiger charge is 2.12. The molecule has 1 rings (SSSR count). The van der Waals surface area contributed by atoms with E-state index in [2.05, 4.69) is 4.98 Å². The Bertz CT molecular complexity index is 313. The predicted molar refractivity (Wildman–Crippen MR) is 52.7 cm³/mol. The van der Waals surface area contributed by atoms with Gasteiger partial charge in [0.2, 0.25) is 0 Å². The fraction of sp³-hybridized carbons (Fsp3) is 0.400. The highest BCUT2D eigenvalue weighted by molar-refractivity contribution is 5.88. The fourth-order valence-electron chi connectivity index (χ4n) is 1.05. The van der Waals surface area contributed by atoms with Gasteiger partial charge in [0.1, 0.15) is 0 Å². The number of nitrogens with two attached hydrogens (primary N) is 1. The molecule has 4 nitrogen and oxygen atoms in total. The van der Waals surface area contributed by atoms with Crippen LogP contribution in [0.4, 0.5) is 0 Å². The zero-order chi connectivity index (χ0) is 10.4. The quantitative estimate of drug-likeness (QED) is 0.729. The summed E-state index contributed by atoms with van der Waals surface area (Å²) in [4.78, 5) is 15.4. The third-order valence-corrected chi connectivity index (χ3v) is 1.74. The van der Waals surface area contributed by atoms with E-state index in [1.165, 1.54) is 0 Å². The highest BCUT2D eigenvalue weighted by Crippen LogP contribution is 2.06. The summed E-state index contributed by atoms with van der Waals surface area (Å²) in [5, 5.41) is 0. The van der Waals surface area contributed by atoms with Crippen LogP contribution in [0.5, 0.6) is 0 Å². The number of pyridine rings is 1. The number of rotatable bonds is 4. The summed E-state index contributed by atoms with van der Waals surface area (Å²) in [6, 6.07) is 3.52. The second-order valence-corrected chi connectivity index (χ2v) is 2.85. The molecular formula is C10H14N2O2. The van der Waals surface area contributed by atoms with Crippen molar-refractivity contribution < 1.29 is 9.53 Å². The van der Waals surface area contributed by atoms with E-state index in [1.54, 1.807) is 18.3 Å². The van der Waals surface area contributed by atoms with E-state index in [0.717, 1.165) is 6.42 Å². The molecule has 0 saturated heterocycles. The smallest absolute Gasteiger partial charge is 0.357 e. The zero-order valence-electron chi connectivity index (χ0n) is 8.19. The largest absolute Gasteiger partial charge is 0.461 e. The van der Waals surface area contributed by atoms with Crippen LogP contribution in [0.2, 0.25) is 0 Å². The molecule has 0 bridgehead atoms. The molecule has 0 amide bonds. The summed E-state index contributed by atoms with van der Waals surface area (Å²) >= 11 is 0. The minimum atomic E-state index is -0.395. The normalized spacial score (nSPS) is 9.86. The van der Waals surface area contributed by atoms with Gasteiger partial charge in [-0.25, -0.2) is 9.78 Å². The lowest BCUT2D eigenvalue weighted by Crippen LogP contribution is -2.13. The maximum Gasteiger partial charge on any atom is 0.357 e. The lowest BCUT2D eigenvalue weighted by molar-refractivity contribution is 0.0497. The third-order valence-electron chi connectivity index (χ3n) is 1.74. The van der Waals surface area contributed by atoms with Crippen LogP contribution < -0.4 is 5.73 Å². The molecule has 0 saturated carbocycles. The second-order valence-electron chi connectivity index (χ2n) is 2.85. The Labute approximate surface area is 83.1 Å². The highest BCUT2D eigenvalue weighted by atomic mass is 16.5. The third kappa shape index (κ3) is 2.53. The van der Waals surface area contributed by atoms with Gasteiger partial charge in [-0.3, -0.25) is 0 Å². The first-order chi connectivity index (χ1) is 6.79. The van der Waals surface area contributed by atoms with Crippen molar-refractivity contribution >= 4 is 5.97 Å². The number of carbonyl (C=O) groups excluding carboxylic acids is 1. The van der Waals surface area contributed by atoms with E-state index < -0.39 is 5.97 Å². The first-order valence-corrected chi connectivity index (χ1v) is 4.60. The Hall–Kier alpha value is -1.42. The topological polar surface area (TPSA) is 65.2 Å². The molecule has 4 heteroatoms. The molecule has 14 heavy (non-hydrogen) atoms. The van der Waals surface area contributed by atoms with Gasteiger partial charge in [0, 0.05) is 12.7 Å². The van der Waals surface area contributed by atoms with E-state index in [-0.39, 0.29) is 0 Å². The van der Waals surface area contributed by atoms with Crippen molar-refractivity contribution in [3.05, 3.63) is 29.6 Å². The van der Waals surface area contributed by atoms with Gasteiger partial charge >= 0.3 is 5.97 Å². The van der Waals surface area contributed by atoms with Crippen LogP contribution in [-0.4, -0.2) is 17.6 Å². The van der Waals surface area contributed by atoms with Crippen molar-refractivity contribution in [2.75, 3.05) is 6.61 Å². The van der Waals surface area contributed by atoms with E-state index >= 15 is 0 Å². The summed E-state index contributed by atoms with van der Waals surface area (Å²) in [6.07, 6.45) is 2.36. The van der Waals surface area contributed by atoms with Crippen molar-refractivity contribution in [3.63, 3.8) is 0 Å². The molecular weight excluding hydrogens is 180 g/mol. The van der Waals surface area contributed by atoms with Crippen molar-refractivity contribution in [1.29, 1.82) is 0 Å². The first kappa shape index (κ1) is 10.7. The van der Waals surface area contributed by atoms with Crippen LogP contribution in [0, 0.1) is 0 Å². The van der Waals surface area contributed by atoms with Gasteiger partial charge in [-0.2, -0.15) is 0 Å². The Morgan fingerprint density at radius 3 is 3.07 bits per heavy atom. The number of aromatic nitrogens is 1. The van der Waals surface area contributed by atoms with Crippen LogP contribution in [0.15, 0.2) is 18.3 Å². The van der Waals surface area contributed by atoms with Crippen LogP contribution in [-0.2, 0) is 11.3 Å². The van der Waals surface area contributed by atoms with E-state index in [9.17, 15) is 4.79 Å². The number of esters is 1. The van der Waals surface area contributed by atoms with Crippen molar-refractivity contribution in [3.8, 4) is 0 Å². The molecule has 0 unspecified atom stereocenters. The van der Waals surface area contributed by atoms with Crippen molar-refractivity contribution in [2.24, 2.45) is 5.73 Å². The lowest BCUT2D eigenvalue weighted by Gasteiger charge is -2.05. The summed E-state index contributed by atoms with van der Waals surface area (Å²) in [6.45, 7) is 2.65. The Kier molecular flexibility index (Phi) is 4.07. The van der Waals surface area contributed by atoms with Gasteiger partial charge in [0.25, 0.3) is 0 Å². The Balaban J connectivity index is 2.78. The second kappa shape index (κ2) is 5.34. The van der Waals surface area contributed by atoms with E-state index in [4.69, 9.17) is 10.5 Å². The number of hydrogen-bond donors (Lipinski definition) is 1. The van der Waals surface area contributed by atoms with Crippen LogP contribution >= 0.6 is 0 Å². The van der Waals surface area contributed by atoms with Crippen LogP contribution in [0.25, 0.3) is 0 Å². The van der Waals surface area contributed by atoms with Crippen molar-refractivity contribution in [1.82, 2.24) is 4.98 Å². The van der Waals surface area contributed by atoms with Crippen LogP contribution in [0.3, 0.4) is 0 Å². The molecule has 0 radical (unpaired) electrons. The molecule has 0 spiro atoms. The molecule has 1 aromatic rings. The molecule has 0 aliphatic heterocycles. The SMILES string of the molecule is CCCOC(=O)c1ncccc1CN. The summed E-state index contributed by atoms with van der Waals surface area (Å²) in [7, 11) is 0. The monoisotopic (exact) mass is 194 g/mol. The molecule has 0 atom stereocenters. The van der Waals surface area contributed by atoms with Gasteiger partial charge < -0.3 is 10.5 Å². The molecule has 2 N–H and O–H groups in total. The number of carbonyl (C=O) groups is 1. The number of hydrogen-bond acceptors (Lipinski definition) is 4. The maximum atomic E-state index is 11.4. The molecule has 76 valence electrons. The maximum absolute atomic E-state index is 11.4. The fourth-order valence-corrected chi connectivity index (χ4v) is 1.05. The number of ether oxygens (including phenoxy) is 1. The molecule has 0 aromatic carbocycles. The standard InChI is InChI=1S/C10H14N2O2/c1-2-6-14-10(13)9-8(7-11)4-3-5-12-9/h3-5H,2,6-7,11H2,1H3. The molecule has 0 fully saturated rings. The van der Waals surface area contributed by atoms with E-state index in [1.807, 2.05) is 6.92 Å². The predicted octanol–water partition coefficient (Wildman–Crippen LogP) is 1.11. The first-order valence-electron chi connectivity index (χ1n) is 4.60. The molecule has 1 aromatic heterocycles. The zero-order valence-corrected chi connectivity index (χ0v) is 8.19. The van der Waals surface area contributed by atoms with Gasteiger partial charge in [-0.1, -0.05) is 13.0 Å². The number of nitrogens with zero attached hydrogens (tertiary/aromatic N) is 1. The van der Waals surface area contributed by atoms with Crippen molar-refractivity contribution in [2.45, 2.75) is 19.9 Å². The minimum absolute atomic E-state index is 0.296. The summed E-state index contributed by atoms with van der Waals surface area (Å²) in [5.74, 6) is -0.395. The average Bonchev–Trinajstić information content (AvgIpc) is 2.25. The molecule has 0 aliphatic carbocycles. The van der Waals surface area contributed by atoms with Gasteiger partial charge in [0.05, 0.1) is 6.61 Å². The minimum Gasteiger partial charge on any atom is -0.461 e. The molecule has 1 heterocycles.